The molecular weight excluding hydrogens is 332 g/mol. The fraction of sp³-hybridized carbons (Fsp3) is 0.125. The van der Waals surface area contributed by atoms with Gasteiger partial charge in [-0.3, -0.25) is 0 Å². The van der Waals surface area contributed by atoms with Crippen molar-refractivity contribution in [3.8, 4) is 11.8 Å². The standard InChI is InChI=1S/C16H14N2O5S/c1-22-15-6-5-13(24(18,20)21)8-14(15)16(19)23-10-12-4-2-3-11(7-12)9-17/h2-8H,10H2,1H3,(H2,18,20,21). The van der Waals surface area contributed by atoms with Crippen molar-refractivity contribution in [3.05, 3.63) is 59.2 Å². The van der Waals surface area contributed by atoms with E-state index in [0.29, 0.717) is 11.1 Å². The lowest BCUT2D eigenvalue weighted by atomic mass is 10.1. The van der Waals surface area contributed by atoms with Gasteiger partial charge in [-0.1, -0.05) is 12.1 Å². The number of nitriles is 1. The highest BCUT2D eigenvalue weighted by atomic mass is 32.2. The minimum Gasteiger partial charge on any atom is -0.496 e. The average molecular weight is 346 g/mol. The summed E-state index contributed by atoms with van der Waals surface area (Å²) < 4.78 is 33.0. The van der Waals surface area contributed by atoms with Crippen molar-refractivity contribution in [2.75, 3.05) is 7.11 Å². The molecule has 0 unspecified atom stereocenters. The van der Waals surface area contributed by atoms with E-state index in [1.807, 2.05) is 6.07 Å². The lowest BCUT2D eigenvalue weighted by Gasteiger charge is -2.10. The largest absolute Gasteiger partial charge is 0.496 e. The van der Waals surface area contributed by atoms with Crippen molar-refractivity contribution in [2.24, 2.45) is 5.14 Å². The Hall–Kier alpha value is -2.89. The minimum atomic E-state index is -3.96. The molecule has 0 saturated heterocycles. The van der Waals surface area contributed by atoms with Gasteiger partial charge in [0.15, 0.2) is 0 Å². The molecule has 2 rings (SSSR count). The number of carbonyl (C=O) groups is 1. The van der Waals surface area contributed by atoms with Crippen molar-refractivity contribution in [1.29, 1.82) is 5.26 Å². The van der Waals surface area contributed by atoms with Gasteiger partial charge in [0.05, 0.1) is 23.6 Å². The van der Waals surface area contributed by atoms with Crippen LogP contribution in [-0.4, -0.2) is 21.5 Å². The zero-order valence-corrected chi connectivity index (χ0v) is 13.5. The number of carbonyl (C=O) groups excluding carboxylic acids is 1. The monoisotopic (exact) mass is 346 g/mol. The molecular formula is C16H14N2O5S. The van der Waals surface area contributed by atoms with Crippen LogP contribution in [0.5, 0.6) is 5.75 Å². The Morgan fingerprint density at radius 3 is 2.62 bits per heavy atom. The maximum Gasteiger partial charge on any atom is 0.342 e. The summed E-state index contributed by atoms with van der Waals surface area (Å²) in [5, 5.41) is 13.9. The van der Waals surface area contributed by atoms with Crippen LogP contribution in [0, 0.1) is 11.3 Å². The first kappa shape index (κ1) is 17.5. The molecule has 0 heterocycles. The quantitative estimate of drug-likeness (QED) is 0.821. The van der Waals surface area contributed by atoms with Crippen molar-refractivity contribution >= 4 is 16.0 Å². The highest BCUT2D eigenvalue weighted by molar-refractivity contribution is 7.89. The van der Waals surface area contributed by atoms with E-state index >= 15 is 0 Å². The first-order chi connectivity index (χ1) is 11.3. The first-order valence-electron chi connectivity index (χ1n) is 6.72. The molecule has 0 bridgehead atoms. The Balaban J connectivity index is 2.24. The van der Waals surface area contributed by atoms with Gasteiger partial charge in [-0.25, -0.2) is 18.4 Å². The lowest BCUT2D eigenvalue weighted by molar-refractivity contribution is 0.0468. The van der Waals surface area contributed by atoms with Gasteiger partial charge in [0.1, 0.15) is 17.9 Å². The Bertz CT molecular complexity index is 916. The van der Waals surface area contributed by atoms with E-state index < -0.39 is 16.0 Å². The van der Waals surface area contributed by atoms with Crippen molar-refractivity contribution < 1.29 is 22.7 Å². The molecule has 2 aromatic carbocycles. The van der Waals surface area contributed by atoms with E-state index in [-0.39, 0.29) is 22.8 Å². The van der Waals surface area contributed by atoms with E-state index in [0.717, 1.165) is 6.07 Å². The summed E-state index contributed by atoms with van der Waals surface area (Å²) in [6.45, 7) is -0.0723. The number of ether oxygens (including phenoxy) is 2. The van der Waals surface area contributed by atoms with Crippen molar-refractivity contribution in [2.45, 2.75) is 11.5 Å². The van der Waals surface area contributed by atoms with E-state index in [1.54, 1.807) is 24.3 Å². The number of hydrogen-bond acceptors (Lipinski definition) is 6. The fourth-order valence-electron chi connectivity index (χ4n) is 1.98. The first-order valence-corrected chi connectivity index (χ1v) is 8.27. The molecule has 24 heavy (non-hydrogen) atoms. The zero-order chi connectivity index (χ0) is 17.7. The van der Waals surface area contributed by atoms with Crippen molar-refractivity contribution in [1.82, 2.24) is 0 Å². The number of hydrogen-bond donors (Lipinski definition) is 1. The molecule has 0 aromatic heterocycles. The predicted octanol–water partition coefficient (Wildman–Crippen LogP) is 1.57. The molecule has 7 nitrogen and oxygen atoms in total. The summed E-state index contributed by atoms with van der Waals surface area (Å²) in [5.74, 6) is -0.599. The molecule has 0 aliphatic heterocycles. The minimum absolute atomic E-state index is 0.0551. The highest BCUT2D eigenvalue weighted by Gasteiger charge is 2.18. The number of benzene rings is 2. The summed E-state index contributed by atoms with van der Waals surface area (Å²) >= 11 is 0. The second-order valence-electron chi connectivity index (χ2n) is 4.80. The number of nitrogens with two attached hydrogens (primary N) is 1. The smallest absolute Gasteiger partial charge is 0.342 e. The summed E-state index contributed by atoms with van der Waals surface area (Å²) in [6, 6.07) is 12.2. The third kappa shape index (κ3) is 4.10. The summed E-state index contributed by atoms with van der Waals surface area (Å²) in [7, 11) is -2.61. The maximum absolute atomic E-state index is 12.2. The summed E-state index contributed by atoms with van der Waals surface area (Å²) in [5.41, 5.74) is 1.02. The lowest BCUT2D eigenvalue weighted by Crippen LogP contribution is -2.14. The van der Waals surface area contributed by atoms with Crippen LogP contribution in [0.25, 0.3) is 0 Å². The van der Waals surface area contributed by atoms with E-state index in [1.165, 1.54) is 19.2 Å². The van der Waals surface area contributed by atoms with Gasteiger partial charge in [-0.15, -0.1) is 0 Å². The Morgan fingerprint density at radius 2 is 2.00 bits per heavy atom. The van der Waals surface area contributed by atoms with Crippen LogP contribution in [0.4, 0.5) is 0 Å². The molecule has 0 aliphatic carbocycles. The number of nitrogens with zero attached hydrogens (tertiary/aromatic N) is 1. The number of sulfonamides is 1. The molecule has 0 aliphatic rings. The third-order valence-electron chi connectivity index (χ3n) is 3.15. The van der Waals surface area contributed by atoms with Crippen LogP contribution >= 0.6 is 0 Å². The molecule has 0 radical (unpaired) electrons. The van der Waals surface area contributed by atoms with Gasteiger partial charge >= 0.3 is 5.97 Å². The van der Waals surface area contributed by atoms with Gasteiger partial charge in [-0.2, -0.15) is 5.26 Å². The number of methoxy groups -OCH3 is 1. The molecule has 0 fully saturated rings. The molecule has 0 spiro atoms. The SMILES string of the molecule is COc1ccc(S(N)(=O)=O)cc1C(=O)OCc1cccc(C#N)c1. The normalized spacial score (nSPS) is 10.7. The second kappa shape index (κ2) is 7.12. The van der Waals surface area contributed by atoms with E-state index in [2.05, 4.69) is 0 Å². The fourth-order valence-corrected chi connectivity index (χ4v) is 2.52. The topological polar surface area (TPSA) is 119 Å². The highest BCUT2D eigenvalue weighted by Crippen LogP contribution is 2.23. The van der Waals surface area contributed by atoms with E-state index in [4.69, 9.17) is 19.9 Å². The zero-order valence-electron chi connectivity index (χ0n) is 12.7. The molecule has 0 saturated carbocycles. The molecule has 0 atom stereocenters. The third-order valence-corrected chi connectivity index (χ3v) is 4.06. The van der Waals surface area contributed by atoms with Crippen LogP contribution in [0.1, 0.15) is 21.5 Å². The van der Waals surface area contributed by atoms with Crippen LogP contribution in [0.3, 0.4) is 0 Å². The van der Waals surface area contributed by atoms with Crippen LogP contribution < -0.4 is 9.88 Å². The van der Waals surface area contributed by atoms with Crippen LogP contribution in [-0.2, 0) is 21.4 Å². The van der Waals surface area contributed by atoms with Gasteiger partial charge in [-0.05, 0) is 35.9 Å². The second-order valence-corrected chi connectivity index (χ2v) is 6.36. The van der Waals surface area contributed by atoms with Gasteiger partial charge < -0.3 is 9.47 Å². The summed E-state index contributed by atoms with van der Waals surface area (Å²) in [4.78, 5) is 12.0. The Morgan fingerprint density at radius 1 is 1.25 bits per heavy atom. The van der Waals surface area contributed by atoms with Gasteiger partial charge in [0.25, 0.3) is 0 Å². The maximum atomic E-state index is 12.2. The summed E-state index contributed by atoms with van der Waals surface area (Å²) in [6.07, 6.45) is 0. The molecule has 0 amide bonds. The van der Waals surface area contributed by atoms with Gasteiger partial charge in [0.2, 0.25) is 10.0 Å². The van der Waals surface area contributed by atoms with E-state index in [9.17, 15) is 13.2 Å². The molecule has 2 N–H and O–H groups in total. The number of rotatable bonds is 5. The Labute approximate surface area is 139 Å². The average Bonchev–Trinajstić information content (AvgIpc) is 2.58. The van der Waals surface area contributed by atoms with Crippen molar-refractivity contribution in [3.63, 3.8) is 0 Å². The number of primary sulfonamides is 1. The Kier molecular flexibility index (Phi) is 5.18. The molecule has 8 heteroatoms. The van der Waals surface area contributed by atoms with Crippen LogP contribution in [0.15, 0.2) is 47.4 Å². The van der Waals surface area contributed by atoms with Gasteiger partial charge in [0, 0.05) is 0 Å². The number of esters is 1. The van der Waals surface area contributed by atoms with Crippen LogP contribution in [0.2, 0.25) is 0 Å². The molecule has 124 valence electrons. The predicted molar refractivity (Wildman–Crippen MR) is 84.6 cm³/mol. The molecule has 2 aromatic rings.